The minimum Gasteiger partial charge on any atom is -0.250 e. The van der Waals surface area contributed by atoms with E-state index in [2.05, 4.69) is 15.3 Å². The second-order valence-corrected chi connectivity index (χ2v) is 7.03. The molecular weight excluding hydrogens is 359 g/mol. The molecule has 3 aromatic rings. The van der Waals surface area contributed by atoms with Gasteiger partial charge in [0.15, 0.2) is 5.82 Å². The van der Waals surface area contributed by atoms with E-state index >= 15 is 0 Å². The van der Waals surface area contributed by atoms with E-state index in [0.29, 0.717) is 26.2 Å². The maximum absolute atomic E-state index is 6.23. The maximum atomic E-state index is 6.23. The highest BCUT2D eigenvalue weighted by Crippen LogP contribution is 2.29. The molecule has 0 saturated heterocycles. The zero-order valence-corrected chi connectivity index (χ0v) is 14.5. The third-order valence-electron chi connectivity index (χ3n) is 2.88. The van der Waals surface area contributed by atoms with Gasteiger partial charge >= 0.3 is 0 Å². The summed E-state index contributed by atoms with van der Waals surface area (Å²) in [5.41, 5.74) is 0.706. The monoisotopic (exact) mass is 368 g/mol. The fraction of sp³-hybridized carbons (Fsp3) is 0.0714. The van der Waals surface area contributed by atoms with Crippen LogP contribution in [0.2, 0.25) is 10.0 Å². The first kappa shape index (κ1) is 15.4. The Hall–Kier alpha value is -1.47. The van der Waals surface area contributed by atoms with Crippen LogP contribution in [0.25, 0.3) is 11.4 Å². The Morgan fingerprint density at radius 2 is 2.14 bits per heavy atom. The van der Waals surface area contributed by atoms with E-state index in [9.17, 15) is 0 Å². The van der Waals surface area contributed by atoms with Gasteiger partial charge in [-0.15, -0.1) is 11.3 Å². The number of rotatable bonds is 3. The Kier molecular flexibility index (Phi) is 4.44. The van der Waals surface area contributed by atoms with Crippen LogP contribution in [0.15, 0.2) is 35.4 Å². The van der Waals surface area contributed by atoms with Gasteiger partial charge in [0.2, 0.25) is 4.77 Å². The Bertz CT molecular complexity index is 908. The van der Waals surface area contributed by atoms with Gasteiger partial charge in [-0.2, -0.15) is 14.9 Å². The second kappa shape index (κ2) is 6.34. The molecule has 4 nitrogen and oxygen atoms in total. The molecule has 2 aromatic heterocycles. The minimum absolute atomic E-state index is 0.394. The molecule has 0 fully saturated rings. The highest BCUT2D eigenvalue weighted by atomic mass is 35.5. The van der Waals surface area contributed by atoms with Gasteiger partial charge in [0, 0.05) is 20.3 Å². The van der Waals surface area contributed by atoms with Crippen LogP contribution in [0.5, 0.6) is 0 Å². The molecule has 0 aliphatic rings. The molecule has 0 atom stereocenters. The first-order chi connectivity index (χ1) is 10.5. The highest BCUT2D eigenvalue weighted by molar-refractivity contribution is 7.71. The standard InChI is InChI=1S/C14H10Cl2N4S2/c1-8-2-4-10(22-8)7-17-20-13(18-19-14(20)21)11-5-3-9(15)6-12(11)16/h2-7H,1H3,(H,19,21)/b17-7+. The van der Waals surface area contributed by atoms with E-state index in [0.717, 1.165) is 4.88 Å². The van der Waals surface area contributed by atoms with Crippen LogP contribution in [0.4, 0.5) is 0 Å². The van der Waals surface area contributed by atoms with Crippen molar-refractivity contribution in [3.05, 3.63) is 54.9 Å². The zero-order valence-electron chi connectivity index (χ0n) is 11.4. The van der Waals surface area contributed by atoms with Gasteiger partial charge in [-0.05, 0) is 49.5 Å². The van der Waals surface area contributed by atoms with Crippen LogP contribution >= 0.6 is 46.8 Å². The lowest BCUT2D eigenvalue weighted by Gasteiger charge is -2.03. The summed E-state index contributed by atoms with van der Waals surface area (Å²) in [6, 6.07) is 9.24. The van der Waals surface area contributed by atoms with Crippen LogP contribution in [0.3, 0.4) is 0 Å². The molecule has 2 heterocycles. The number of thiophene rings is 1. The zero-order chi connectivity index (χ0) is 15.7. The van der Waals surface area contributed by atoms with E-state index in [1.165, 1.54) is 4.88 Å². The number of halogens is 2. The number of nitrogens with one attached hydrogen (secondary N) is 1. The van der Waals surface area contributed by atoms with Gasteiger partial charge in [-0.1, -0.05) is 23.2 Å². The molecule has 0 aliphatic carbocycles. The summed E-state index contributed by atoms with van der Waals surface area (Å²) < 4.78 is 1.94. The van der Waals surface area contributed by atoms with Gasteiger partial charge in [-0.25, -0.2) is 5.10 Å². The lowest BCUT2D eigenvalue weighted by atomic mass is 10.2. The second-order valence-electron chi connectivity index (χ2n) is 4.48. The number of nitrogens with zero attached hydrogens (tertiary/aromatic N) is 3. The lowest BCUT2D eigenvalue weighted by Crippen LogP contribution is -1.95. The predicted molar refractivity (Wildman–Crippen MR) is 94.9 cm³/mol. The number of H-pyrrole nitrogens is 1. The molecular formula is C14H10Cl2N4S2. The van der Waals surface area contributed by atoms with Gasteiger partial charge in [-0.3, -0.25) is 0 Å². The topological polar surface area (TPSA) is 46.0 Å². The Balaban J connectivity index is 2.04. The Morgan fingerprint density at radius 3 is 2.82 bits per heavy atom. The van der Waals surface area contributed by atoms with Crippen molar-refractivity contribution in [2.45, 2.75) is 6.92 Å². The number of aromatic nitrogens is 3. The molecule has 1 aromatic carbocycles. The summed E-state index contributed by atoms with van der Waals surface area (Å²) >= 11 is 19.0. The van der Waals surface area contributed by atoms with Gasteiger partial charge in [0.25, 0.3) is 0 Å². The number of aryl methyl sites for hydroxylation is 1. The fourth-order valence-electron chi connectivity index (χ4n) is 1.88. The number of aromatic amines is 1. The Morgan fingerprint density at radius 1 is 1.32 bits per heavy atom. The first-order valence-electron chi connectivity index (χ1n) is 6.28. The SMILES string of the molecule is Cc1ccc(/C=N/n2c(-c3ccc(Cl)cc3Cl)n[nH]c2=S)s1. The summed E-state index contributed by atoms with van der Waals surface area (Å²) in [5.74, 6) is 0.538. The normalized spacial score (nSPS) is 11.4. The van der Waals surface area contributed by atoms with Crippen molar-refractivity contribution in [2.24, 2.45) is 5.10 Å². The van der Waals surface area contributed by atoms with Crippen molar-refractivity contribution in [3.63, 3.8) is 0 Å². The van der Waals surface area contributed by atoms with E-state index in [-0.39, 0.29) is 0 Å². The van der Waals surface area contributed by atoms with E-state index in [1.807, 2.05) is 19.1 Å². The smallest absolute Gasteiger partial charge is 0.216 e. The largest absolute Gasteiger partial charge is 0.250 e. The third-order valence-corrected chi connectivity index (χ3v) is 4.63. The summed E-state index contributed by atoms with van der Waals surface area (Å²) in [4.78, 5) is 2.26. The average Bonchev–Trinajstić information content (AvgIpc) is 3.03. The molecule has 112 valence electrons. The molecule has 0 unspecified atom stereocenters. The van der Waals surface area contributed by atoms with Gasteiger partial charge in [0.1, 0.15) is 0 Å². The van der Waals surface area contributed by atoms with Crippen LogP contribution in [0, 0.1) is 11.7 Å². The van der Waals surface area contributed by atoms with E-state index in [1.54, 1.807) is 40.4 Å². The number of hydrogen-bond acceptors (Lipinski definition) is 4. The van der Waals surface area contributed by atoms with Gasteiger partial charge in [0.05, 0.1) is 11.2 Å². The van der Waals surface area contributed by atoms with Crippen molar-refractivity contribution in [2.75, 3.05) is 0 Å². The molecule has 0 spiro atoms. The molecule has 0 saturated carbocycles. The lowest BCUT2D eigenvalue weighted by molar-refractivity contribution is 0.872. The fourth-order valence-corrected chi connectivity index (χ4v) is 3.30. The van der Waals surface area contributed by atoms with Crippen molar-refractivity contribution in [1.29, 1.82) is 0 Å². The molecule has 22 heavy (non-hydrogen) atoms. The maximum Gasteiger partial charge on any atom is 0.216 e. The molecule has 1 N–H and O–H groups in total. The molecule has 0 amide bonds. The molecule has 3 rings (SSSR count). The van der Waals surface area contributed by atoms with E-state index in [4.69, 9.17) is 35.4 Å². The molecule has 0 radical (unpaired) electrons. The first-order valence-corrected chi connectivity index (χ1v) is 8.26. The quantitative estimate of drug-likeness (QED) is 0.512. The van der Waals surface area contributed by atoms with Crippen molar-refractivity contribution < 1.29 is 0 Å². The number of benzene rings is 1. The van der Waals surface area contributed by atoms with Gasteiger partial charge < -0.3 is 0 Å². The number of hydrogen-bond donors (Lipinski definition) is 1. The van der Waals surface area contributed by atoms with Crippen LogP contribution in [-0.4, -0.2) is 21.1 Å². The van der Waals surface area contributed by atoms with Crippen LogP contribution in [0.1, 0.15) is 9.75 Å². The average molecular weight is 369 g/mol. The molecule has 0 bridgehead atoms. The Labute approximate surface area is 146 Å². The summed E-state index contributed by atoms with van der Waals surface area (Å²) in [6.45, 7) is 2.05. The van der Waals surface area contributed by atoms with Crippen LogP contribution < -0.4 is 0 Å². The molecule has 8 heteroatoms. The summed E-state index contributed by atoms with van der Waals surface area (Å²) in [5, 5.41) is 12.4. The summed E-state index contributed by atoms with van der Waals surface area (Å²) in [6.07, 6.45) is 1.75. The third kappa shape index (κ3) is 3.15. The van der Waals surface area contributed by atoms with E-state index < -0.39 is 0 Å². The van der Waals surface area contributed by atoms with Crippen LogP contribution in [-0.2, 0) is 0 Å². The minimum atomic E-state index is 0.394. The van der Waals surface area contributed by atoms with Crippen molar-refractivity contribution in [1.82, 2.24) is 14.9 Å². The van der Waals surface area contributed by atoms with Crippen molar-refractivity contribution in [3.8, 4) is 11.4 Å². The highest BCUT2D eigenvalue weighted by Gasteiger charge is 2.12. The van der Waals surface area contributed by atoms with Crippen molar-refractivity contribution >= 4 is 53.0 Å². The summed E-state index contributed by atoms with van der Waals surface area (Å²) in [7, 11) is 0. The predicted octanol–water partition coefficient (Wildman–Crippen LogP) is 5.17. The molecule has 0 aliphatic heterocycles.